The summed E-state index contributed by atoms with van der Waals surface area (Å²) in [4.78, 5) is 23.1. The first-order valence-electron chi connectivity index (χ1n) is 5.93. The number of benzene rings is 2. The van der Waals surface area contributed by atoms with Crippen LogP contribution in [-0.4, -0.2) is 24.1 Å². The predicted octanol–water partition coefficient (Wildman–Crippen LogP) is 2.19. The van der Waals surface area contributed by atoms with Crippen molar-refractivity contribution in [3.63, 3.8) is 0 Å². The summed E-state index contributed by atoms with van der Waals surface area (Å²) in [6.07, 6.45) is 0. The maximum atomic E-state index is 11.6. The summed E-state index contributed by atoms with van der Waals surface area (Å²) in [7, 11) is 0. The van der Waals surface area contributed by atoms with Crippen molar-refractivity contribution in [3.8, 4) is 0 Å². The monoisotopic (exact) mass is 308 g/mol. The molecule has 0 fully saturated rings. The van der Waals surface area contributed by atoms with Crippen molar-refractivity contribution in [1.29, 1.82) is 0 Å². The van der Waals surface area contributed by atoms with Crippen LogP contribution in [0.15, 0.2) is 41.3 Å². The molecule has 3 N–H and O–H groups in total. The summed E-state index contributed by atoms with van der Waals surface area (Å²) in [5.41, 5.74) is 4.96. The van der Waals surface area contributed by atoms with Gasteiger partial charge in [0.15, 0.2) is 0 Å². The lowest BCUT2D eigenvalue weighted by atomic mass is 10.1. The third-order valence-electron chi connectivity index (χ3n) is 2.63. The summed E-state index contributed by atoms with van der Waals surface area (Å²) in [6, 6.07) is 11.5. The Morgan fingerprint density at radius 2 is 1.90 bits per heavy atom. The van der Waals surface area contributed by atoms with Crippen molar-refractivity contribution in [2.75, 3.05) is 12.3 Å². The van der Waals surface area contributed by atoms with Crippen molar-refractivity contribution in [2.24, 2.45) is 5.73 Å². The topological polar surface area (TPSA) is 72.2 Å². The maximum absolute atomic E-state index is 11.6. The molecule has 0 aliphatic rings. The highest BCUT2D eigenvalue weighted by Gasteiger charge is 2.08. The van der Waals surface area contributed by atoms with Crippen LogP contribution in [0, 0.1) is 0 Å². The largest absolute Gasteiger partial charge is 0.368 e. The van der Waals surface area contributed by atoms with Gasteiger partial charge in [-0.15, -0.1) is 11.8 Å². The van der Waals surface area contributed by atoms with Gasteiger partial charge >= 0.3 is 0 Å². The lowest BCUT2D eigenvalue weighted by Crippen LogP contribution is -2.34. The van der Waals surface area contributed by atoms with E-state index in [9.17, 15) is 9.59 Å². The molecule has 0 saturated heterocycles. The fourth-order valence-corrected chi connectivity index (χ4v) is 3.04. The molecule has 0 atom stereocenters. The molecule has 2 aromatic rings. The van der Waals surface area contributed by atoms with Gasteiger partial charge in [-0.2, -0.15) is 0 Å². The van der Waals surface area contributed by atoms with E-state index in [0.29, 0.717) is 5.02 Å². The Hall–Kier alpha value is -1.72. The quantitative estimate of drug-likeness (QED) is 0.832. The van der Waals surface area contributed by atoms with E-state index in [0.717, 1.165) is 15.7 Å². The Morgan fingerprint density at radius 3 is 2.60 bits per heavy atom. The van der Waals surface area contributed by atoms with Crippen molar-refractivity contribution in [1.82, 2.24) is 5.32 Å². The number of hydrogen-bond acceptors (Lipinski definition) is 3. The van der Waals surface area contributed by atoms with E-state index in [-0.39, 0.29) is 18.2 Å². The Bertz CT molecular complexity index is 655. The Balaban J connectivity index is 2.10. The summed E-state index contributed by atoms with van der Waals surface area (Å²) in [6.45, 7) is -0.143. The number of nitrogens with one attached hydrogen (secondary N) is 1. The van der Waals surface area contributed by atoms with E-state index in [2.05, 4.69) is 5.32 Å². The Kier molecular flexibility index (Phi) is 4.87. The van der Waals surface area contributed by atoms with Crippen molar-refractivity contribution < 1.29 is 9.59 Å². The van der Waals surface area contributed by atoms with Crippen LogP contribution >= 0.6 is 23.4 Å². The van der Waals surface area contributed by atoms with Crippen molar-refractivity contribution >= 4 is 45.9 Å². The third-order valence-corrected chi connectivity index (χ3v) is 4.01. The molecule has 4 nitrogen and oxygen atoms in total. The van der Waals surface area contributed by atoms with E-state index in [4.69, 9.17) is 17.3 Å². The zero-order chi connectivity index (χ0) is 14.5. The number of nitrogens with two attached hydrogens (primary N) is 1. The molecule has 2 amide bonds. The van der Waals surface area contributed by atoms with E-state index in [1.165, 1.54) is 11.8 Å². The number of carbonyl (C=O) groups is 2. The molecular weight excluding hydrogens is 296 g/mol. The summed E-state index contributed by atoms with van der Waals surface area (Å²) >= 11 is 7.58. The lowest BCUT2D eigenvalue weighted by Gasteiger charge is -2.08. The number of primary amides is 1. The van der Waals surface area contributed by atoms with Gasteiger partial charge in [0.1, 0.15) is 0 Å². The maximum Gasteiger partial charge on any atom is 0.236 e. The number of hydrogen-bond donors (Lipinski definition) is 2. The number of amides is 2. The molecule has 0 bridgehead atoms. The molecule has 0 aliphatic heterocycles. The Morgan fingerprint density at radius 1 is 1.20 bits per heavy atom. The molecule has 0 unspecified atom stereocenters. The Labute approximate surface area is 125 Å². The van der Waals surface area contributed by atoms with Gasteiger partial charge in [-0.3, -0.25) is 9.59 Å². The highest BCUT2D eigenvalue weighted by Crippen LogP contribution is 2.32. The zero-order valence-electron chi connectivity index (χ0n) is 10.6. The van der Waals surface area contributed by atoms with Gasteiger partial charge in [0, 0.05) is 15.3 Å². The second kappa shape index (κ2) is 6.63. The van der Waals surface area contributed by atoms with Crippen LogP contribution in [0.2, 0.25) is 5.02 Å². The number of carbonyl (C=O) groups excluding carboxylic acids is 2. The van der Waals surface area contributed by atoms with Crippen molar-refractivity contribution in [2.45, 2.75) is 4.90 Å². The first-order valence-corrected chi connectivity index (χ1v) is 7.29. The van der Waals surface area contributed by atoms with E-state index < -0.39 is 5.91 Å². The predicted molar refractivity (Wildman–Crippen MR) is 81.9 cm³/mol. The third kappa shape index (κ3) is 3.65. The summed E-state index contributed by atoms with van der Waals surface area (Å²) in [5.74, 6) is -0.591. The normalized spacial score (nSPS) is 10.4. The average molecular weight is 309 g/mol. The molecule has 0 saturated carbocycles. The van der Waals surface area contributed by atoms with Crippen LogP contribution in [0.25, 0.3) is 10.8 Å². The molecule has 2 aromatic carbocycles. The van der Waals surface area contributed by atoms with Gasteiger partial charge in [-0.1, -0.05) is 35.9 Å². The highest BCUT2D eigenvalue weighted by atomic mass is 35.5. The number of rotatable bonds is 5. The van der Waals surface area contributed by atoms with Crippen LogP contribution in [-0.2, 0) is 9.59 Å². The SMILES string of the molecule is NC(=O)CNC(=O)CSc1cccc2cccc(Cl)c12. The first-order chi connectivity index (χ1) is 9.58. The standard InChI is InChI=1S/C14H13ClN2O2S/c15-10-5-1-3-9-4-2-6-11(14(9)10)20-8-13(19)17-7-12(16)18/h1-6H,7-8H2,(H2,16,18)(H,17,19). The fourth-order valence-electron chi connectivity index (χ4n) is 1.76. The van der Waals surface area contributed by atoms with Gasteiger partial charge in [0.2, 0.25) is 11.8 Å². The van der Waals surface area contributed by atoms with Gasteiger partial charge in [-0.25, -0.2) is 0 Å². The van der Waals surface area contributed by atoms with Gasteiger partial charge in [-0.05, 0) is 17.5 Å². The molecule has 0 spiro atoms. The van der Waals surface area contributed by atoms with E-state index in [1.807, 2.05) is 36.4 Å². The molecule has 0 aliphatic carbocycles. The minimum atomic E-state index is -0.559. The van der Waals surface area contributed by atoms with Gasteiger partial charge in [0.05, 0.1) is 12.3 Å². The molecule has 104 valence electrons. The molecular formula is C14H13ClN2O2S. The van der Waals surface area contributed by atoms with Gasteiger partial charge in [0.25, 0.3) is 0 Å². The van der Waals surface area contributed by atoms with E-state index in [1.54, 1.807) is 0 Å². The molecule has 2 rings (SSSR count). The second-order valence-corrected chi connectivity index (χ2v) is 5.55. The van der Waals surface area contributed by atoms with Gasteiger partial charge < -0.3 is 11.1 Å². The smallest absolute Gasteiger partial charge is 0.236 e. The number of thioether (sulfide) groups is 1. The zero-order valence-corrected chi connectivity index (χ0v) is 12.1. The van der Waals surface area contributed by atoms with Crippen LogP contribution in [0.3, 0.4) is 0 Å². The summed E-state index contributed by atoms with van der Waals surface area (Å²) in [5, 5.41) is 5.07. The molecule has 0 radical (unpaired) electrons. The molecule has 0 heterocycles. The van der Waals surface area contributed by atoms with Crippen LogP contribution in [0.1, 0.15) is 0 Å². The van der Waals surface area contributed by atoms with Crippen LogP contribution in [0.4, 0.5) is 0 Å². The minimum absolute atomic E-state index is 0.143. The highest BCUT2D eigenvalue weighted by molar-refractivity contribution is 8.00. The average Bonchev–Trinajstić information content (AvgIpc) is 2.43. The number of halogens is 1. The number of fused-ring (bicyclic) bond motifs is 1. The summed E-state index contributed by atoms with van der Waals surface area (Å²) < 4.78 is 0. The fraction of sp³-hybridized carbons (Fsp3) is 0.143. The molecule has 6 heteroatoms. The second-order valence-electron chi connectivity index (χ2n) is 4.13. The van der Waals surface area contributed by atoms with Crippen molar-refractivity contribution in [3.05, 3.63) is 41.4 Å². The molecule has 20 heavy (non-hydrogen) atoms. The lowest BCUT2D eigenvalue weighted by molar-refractivity contribution is -0.123. The first kappa shape index (κ1) is 14.7. The van der Waals surface area contributed by atoms with Crippen LogP contribution in [0.5, 0.6) is 0 Å². The molecule has 0 aromatic heterocycles. The van der Waals surface area contributed by atoms with E-state index >= 15 is 0 Å². The van der Waals surface area contributed by atoms with Crippen LogP contribution < -0.4 is 11.1 Å². The minimum Gasteiger partial charge on any atom is -0.368 e.